The van der Waals surface area contributed by atoms with Gasteiger partial charge in [0.2, 0.25) is 11.8 Å². The normalized spacial score (nSPS) is 14.5. The van der Waals surface area contributed by atoms with Crippen molar-refractivity contribution in [2.24, 2.45) is 0 Å². The highest BCUT2D eigenvalue weighted by atomic mass is 79.9. The monoisotopic (exact) mass is 646 g/mol. The van der Waals surface area contributed by atoms with Crippen LogP contribution in [-0.2, 0) is 28.3 Å². The maximum Gasteiger partial charge on any atom is 0.243 e. The summed E-state index contributed by atoms with van der Waals surface area (Å²) in [6.07, 6.45) is 5.81. The number of hydrogen-bond acceptors (Lipinski definition) is 3. The zero-order valence-electron chi connectivity index (χ0n) is 21.8. The van der Waals surface area contributed by atoms with E-state index in [1.54, 1.807) is 28.8 Å². The molecule has 1 fully saturated rings. The van der Waals surface area contributed by atoms with Gasteiger partial charge in [-0.1, -0.05) is 107 Å². The van der Waals surface area contributed by atoms with E-state index in [2.05, 4.69) is 21.2 Å². The molecule has 0 spiro atoms. The van der Waals surface area contributed by atoms with Crippen LogP contribution in [0, 0.1) is 0 Å². The van der Waals surface area contributed by atoms with E-state index in [0.29, 0.717) is 22.2 Å². The van der Waals surface area contributed by atoms with Crippen molar-refractivity contribution in [3.8, 4) is 0 Å². The average Bonchev–Trinajstić information content (AvgIpc) is 2.94. The van der Waals surface area contributed by atoms with E-state index in [4.69, 9.17) is 23.2 Å². The molecule has 1 aliphatic carbocycles. The van der Waals surface area contributed by atoms with Crippen molar-refractivity contribution < 1.29 is 9.59 Å². The molecule has 1 N–H and O–H groups in total. The van der Waals surface area contributed by atoms with Crippen LogP contribution in [-0.4, -0.2) is 34.6 Å². The molecular formula is C31H33BrCl2N2O2S. The van der Waals surface area contributed by atoms with Crippen molar-refractivity contribution in [1.82, 2.24) is 10.2 Å². The summed E-state index contributed by atoms with van der Waals surface area (Å²) in [5.74, 6) is 0.750. The largest absolute Gasteiger partial charge is 0.352 e. The van der Waals surface area contributed by atoms with E-state index < -0.39 is 6.04 Å². The zero-order chi connectivity index (χ0) is 27.6. The summed E-state index contributed by atoms with van der Waals surface area (Å²) in [6.45, 7) is 0.225. The first-order chi connectivity index (χ1) is 18.9. The maximum absolute atomic E-state index is 13.8. The zero-order valence-corrected chi connectivity index (χ0v) is 25.7. The number of rotatable bonds is 11. The number of thioether (sulfide) groups is 1. The van der Waals surface area contributed by atoms with Crippen molar-refractivity contribution in [2.45, 2.75) is 62.9 Å². The van der Waals surface area contributed by atoms with E-state index in [9.17, 15) is 9.59 Å². The molecule has 4 rings (SSSR count). The molecule has 3 aromatic carbocycles. The Morgan fingerprint density at radius 2 is 1.67 bits per heavy atom. The fourth-order valence-electron chi connectivity index (χ4n) is 4.85. The summed E-state index contributed by atoms with van der Waals surface area (Å²) < 4.78 is 1.02. The number of nitrogens with zero attached hydrogens (tertiary/aromatic N) is 1. The molecule has 0 bridgehead atoms. The Morgan fingerprint density at radius 3 is 2.36 bits per heavy atom. The van der Waals surface area contributed by atoms with Crippen LogP contribution in [0.15, 0.2) is 77.3 Å². The van der Waals surface area contributed by atoms with Crippen LogP contribution in [0.1, 0.15) is 48.8 Å². The highest BCUT2D eigenvalue weighted by Crippen LogP contribution is 2.26. The van der Waals surface area contributed by atoms with Gasteiger partial charge in [-0.25, -0.2) is 0 Å². The van der Waals surface area contributed by atoms with E-state index in [-0.39, 0.29) is 30.2 Å². The van der Waals surface area contributed by atoms with Gasteiger partial charge in [-0.2, -0.15) is 0 Å². The third-order valence-corrected chi connectivity index (χ3v) is 9.09. The molecule has 0 aromatic heterocycles. The quantitative estimate of drug-likeness (QED) is 0.229. The Kier molecular flexibility index (Phi) is 11.6. The number of carbonyl (C=O) groups excluding carboxylic acids is 2. The van der Waals surface area contributed by atoms with Crippen LogP contribution in [0.2, 0.25) is 10.0 Å². The van der Waals surface area contributed by atoms with E-state index in [0.717, 1.165) is 46.8 Å². The van der Waals surface area contributed by atoms with E-state index in [1.165, 1.54) is 6.42 Å². The highest BCUT2D eigenvalue weighted by molar-refractivity contribution is 9.10. The Hall–Kier alpha value is -1.99. The molecule has 1 atom stereocenters. The van der Waals surface area contributed by atoms with Gasteiger partial charge in [-0.15, -0.1) is 11.8 Å². The van der Waals surface area contributed by atoms with Crippen molar-refractivity contribution in [3.05, 3.63) is 104 Å². The number of benzene rings is 3. The minimum absolute atomic E-state index is 0.0946. The van der Waals surface area contributed by atoms with Gasteiger partial charge in [-0.3, -0.25) is 9.59 Å². The topological polar surface area (TPSA) is 49.4 Å². The lowest BCUT2D eigenvalue weighted by atomic mass is 9.94. The summed E-state index contributed by atoms with van der Waals surface area (Å²) in [7, 11) is 0. The lowest BCUT2D eigenvalue weighted by molar-refractivity contribution is -0.139. The van der Waals surface area contributed by atoms with Gasteiger partial charge in [0.1, 0.15) is 6.04 Å². The number of carbonyl (C=O) groups is 2. The predicted molar refractivity (Wildman–Crippen MR) is 166 cm³/mol. The van der Waals surface area contributed by atoms with Crippen molar-refractivity contribution in [2.75, 3.05) is 5.75 Å². The van der Waals surface area contributed by atoms with Crippen LogP contribution in [0.4, 0.5) is 0 Å². The molecule has 1 aliphatic rings. The second-order valence-electron chi connectivity index (χ2n) is 9.93. The number of nitrogens with one attached hydrogen (secondary N) is 1. The molecule has 1 saturated carbocycles. The summed E-state index contributed by atoms with van der Waals surface area (Å²) in [6, 6.07) is 22.7. The van der Waals surface area contributed by atoms with E-state index >= 15 is 0 Å². The Balaban J connectivity index is 1.58. The summed E-state index contributed by atoms with van der Waals surface area (Å²) in [5.41, 5.74) is 2.90. The third-order valence-electron chi connectivity index (χ3n) is 6.99. The molecule has 39 heavy (non-hydrogen) atoms. The predicted octanol–water partition coefficient (Wildman–Crippen LogP) is 8.08. The van der Waals surface area contributed by atoms with Gasteiger partial charge in [0.05, 0.1) is 5.75 Å². The molecule has 0 radical (unpaired) electrons. The fraction of sp³-hybridized carbons (Fsp3) is 0.355. The van der Waals surface area contributed by atoms with Crippen LogP contribution in [0.25, 0.3) is 0 Å². The van der Waals surface area contributed by atoms with E-state index in [1.807, 2.05) is 60.7 Å². The van der Waals surface area contributed by atoms with Crippen LogP contribution in [0.3, 0.4) is 0 Å². The number of halogens is 3. The minimum Gasteiger partial charge on any atom is -0.352 e. The molecule has 4 nitrogen and oxygen atoms in total. The maximum atomic E-state index is 13.8. The first-order valence-corrected chi connectivity index (χ1v) is 16.0. The standard InChI is InChI=1S/C31H33BrCl2N2O2S/c32-25-14-11-23(12-15-25)20-39-21-30(37)36(19-24-13-16-26(33)18-28(24)34)29(17-22-7-3-1-4-8-22)31(38)35-27-9-5-2-6-10-27/h1,3-4,7-8,11-16,18,27,29H,2,5-6,9-10,17,19-21H2,(H,35,38)/t29-/m0/s1. The molecule has 2 amide bonds. The van der Waals surface area contributed by atoms with Gasteiger partial charge < -0.3 is 10.2 Å². The lowest BCUT2D eigenvalue weighted by Gasteiger charge is -2.33. The van der Waals surface area contributed by atoms with Gasteiger partial charge >= 0.3 is 0 Å². The first kappa shape index (κ1) is 30.0. The van der Waals surface area contributed by atoms with Crippen LogP contribution >= 0.6 is 50.9 Å². The van der Waals surface area contributed by atoms with Gasteiger partial charge in [-0.05, 0) is 53.8 Å². The lowest BCUT2D eigenvalue weighted by Crippen LogP contribution is -2.53. The minimum atomic E-state index is -0.665. The molecule has 0 saturated heterocycles. The molecular weight excluding hydrogens is 615 g/mol. The summed E-state index contributed by atoms with van der Waals surface area (Å²) >= 11 is 17.7. The smallest absolute Gasteiger partial charge is 0.243 e. The molecule has 0 unspecified atom stereocenters. The van der Waals surface area contributed by atoms with Gasteiger partial charge in [0.15, 0.2) is 0 Å². The Labute approximate surface area is 254 Å². The van der Waals surface area contributed by atoms with Crippen molar-refractivity contribution in [3.63, 3.8) is 0 Å². The highest BCUT2D eigenvalue weighted by Gasteiger charge is 2.32. The molecule has 0 aliphatic heterocycles. The number of amides is 2. The van der Waals surface area contributed by atoms with Crippen molar-refractivity contribution >= 4 is 62.7 Å². The van der Waals surface area contributed by atoms with Gasteiger partial charge in [0.25, 0.3) is 0 Å². The van der Waals surface area contributed by atoms with Crippen molar-refractivity contribution in [1.29, 1.82) is 0 Å². The molecule has 3 aromatic rings. The molecule has 8 heteroatoms. The molecule has 206 valence electrons. The first-order valence-electron chi connectivity index (χ1n) is 13.3. The Bertz CT molecular complexity index is 1240. The molecule has 0 heterocycles. The second kappa shape index (κ2) is 15.1. The summed E-state index contributed by atoms with van der Waals surface area (Å²) in [5, 5.41) is 4.28. The average molecular weight is 648 g/mol. The van der Waals surface area contributed by atoms with Crippen LogP contribution < -0.4 is 5.32 Å². The third kappa shape index (κ3) is 9.28. The SMILES string of the molecule is O=C(NC1CCCCC1)[C@H](Cc1ccccc1)N(Cc1ccc(Cl)cc1Cl)C(=O)CSCc1ccc(Br)cc1. The number of hydrogen-bond donors (Lipinski definition) is 1. The van der Waals surface area contributed by atoms with Gasteiger partial charge in [0, 0.05) is 39.3 Å². The second-order valence-corrected chi connectivity index (χ2v) is 12.7. The van der Waals surface area contributed by atoms with Crippen LogP contribution in [0.5, 0.6) is 0 Å². The fourth-order valence-corrected chi connectivity index (χ4v) is 6.45. The summed E-state index contributed by atoms with van der Waals surface area (Å²) in [4.78, 5) is 29.4. The Morgan fingerprint density at radius 1 is 0.949 bits per heavy atom.